The third-order valence-electron chi connectivity index (χ3n) is 6.21. The second-order valence-corrected chi connectivity index (χ2v) is 8.58. The molecule has 0 amide bonds. The SMILES string of the molecule is CCOC(=O)c1c(C)nc2nn3c(N)c(C(=O)c4ccc(C)cc4)cnc3c2c1-c1ccc(OC)cc1. The Morgan fingerprint density at radius 2 is 1.73 bits per heavy atom. The van der Waals surface area contributed by atoms with Gasteiger partial charge in [0.1, 0.15) is 11.6 Å². The highest BCUT2D eigenvalue weighted by atomic mass is 16.5. The standard InChI is InChI=1S/C28H25N5O4/c1-5-37-28(35)21-16(3)31-26-23(22(21)17-10-12-19(36-4)13-11-17)27-30-14-20(25(29)33(27)32-26)24(34)18-8-6-15(2)7-9-18/h6-14H,5,29H2,1-4H3. The molecule has 5 aromatic rings. The van der Waals surface area contributed by atoms with E-state index in [4.69, 9.17) is 15.2 Å². The number of rotatable bonds is 6. The first-order valence-corrected chi connectivity index (χ1v) is 11.7. The summed E-state index contributed by atoms with van der Waals surface area (Å²) >= 11 is 0. The van der Waals surface area contributed by atoms with Crippen molar-refractivity contribution in [2.75, 3.05) is 19.5 Å². The molecule has 0 fully saturated rings. The molecule has 0 atom stereocenters. The highest BCUT2D eigenvalue weighted by Crippen LogP contribution is 2.37. The minimum Gasteiger partial charge on any atom is -0.497 e. The number of nitrogen functional groups attached to an aromatic ring is 1. The summed E-state index contributed by atoms with van der Waals surface area (Å²) in [6.07, 6.45) is 1.44. The molecular formula is C28H25N5O4. The number of carbonyl (C=O) groups excluding carboxylic acids is 2. The molecule has 0 saturated carbocycles. The van der Waals surface area contributed by atoms with Crippen molar-refractivity contribution in [2.45, 2.75) is 20.8 Å². The van der Waals surface area contributed by atoms with E-state index in [-0.39, 0.29) is 23.8 Å². The van der Waals surface area contributed by atoms with E-state index in [0.717, 1.165) is 11.1 Å². The van der Waals surface area contributed by atoms with Crippen LogP contribution in [-0.4, -0.2) is 45.1 Å². The summed E-state index contributed by atoms with van der Waals surface area (Å²) in [6.45, 7) is 5.64. The molecule has 0 unspecified atom stereocenters. The average Bonchev–Trinajstić information content (AvgIpc) is 3.27. The van der Waals surface area contributed by atoms with Crippen molar-refractivity contribution in [3.05, 3.63) is 82.7 Å². The Balaban J connectivity index is 1.79. The fourth-order valence-corrected chi connectivity index (χ4v) is 4.35. The van der Waals surface area contributed by atoms with E-state index >= 15 is 0 Å². The van der Waals surface area contributed by atoms with Crippen LogP contribution in [0, 0.1) is 13.8 Å². The smallest absolute Gasteiger partial charge is 0.340 e. The molecule has 9 heteroatoms. The molecule has 3 aromatic heterocycles. The van der Waals surface area contributed by atoms with Crippen molar-refractivity contribution < 1.29 is 19.1 Å². The zero-order chi connectivity index (χ0) is 26.3. The number of esters is 1. The monoisotopic (exact) mass is 495 g/mol. The number of hydrogen-bond donors (Lipinski definition) is 1. The van der Waals surface area contributed by atoms with Gasteiger partial charge in [0.15, 0.2) is 17.1 Å². The number of methoxy groups -OCH3 is 1. The summed E-state index contributed by atoms with van der Waals surface area (Å²) in [5, 5.41) is 5.11. The van der Waals surface area contributed by atoms with Crippen molar-refractivity contribution >= 4 is 34.3 Å². The first kappa shape index (κ1) is 23.9. The van der Waals surface area contributed by atoms with Gasteiger partial charge in [-0.2, -0.15) is 4.52 Å². The number of fused-ring (bicyclic) bond motifs is 3. The average molecular weight is 496 g/mol. The maximum atomic E-state index is 13.2. The number of benzene rings is 2. The van der Waals surface area contributed by atoms with Crippen molar-refractivity contribution in [2.24, 2.45) is 0 Å². The van der Waals surface area contributed by atoms with Crippen LogP contribution < -0.4 is 10.5 Å². The number of ether oxygens (including phenoxy) is 2. The lowest BCUT2D eigenvalue weighted by molar-refractivity contribution is 0.0526. The fraction of sp³-hybridized carbons (Fsp3) is 0.179. The van der Waals surface area contributed by atoms with Gasteiger partial charge in [0.25, 0.3) is 0 Å². The Bertz CT molecular complexity index is 1670. The molecule has 0 radical (unpaired) electrons. The summed E-state index contributed by atoms with van der Waals surface area (Å²) in [6, 6.07) is 14.5. The van der Waals surface area contributed by atoms with Crippen molar-refractivity contribution in [3.8, 4) is 16.9 Å². The molecule has 37 heavy (non-hydrogen) atoms. The molecule has 9 nitrogen and oxygen atoms in total. The van der Waals surface area contributed by atoms with E-state index in [2.05, 4.69) is 15.1 Å². The van der Waals surface area contributed by atoms with Crippen LogP contribution in [-0.2, 0) is 4.74 Å². The Morgan fingerprint density at radius 1 is 1.03 bits per heavy atom. The third-order valence-corrected chi connectivity index (χ3v) is 6.21. The van der Waals surface area contributed by atoms with E-state index in [1.54, 1.807) is 45.2 Å². The normalized spacial score (nSPS) is 11.1. The van der Waals surface area contributed by atoms with Gasteiger partial charge in [-0.1, -0.05) is 42.0 Å². The predicted molar refractivity (Wildman–Crippen MR) is 140 cm³/mol. The van der Waals surface area contributed by atoms with Gasteiger partial charge in [-0.25, -0.2) is 14.8 Å². The molecule has 0 bridgehead atoms. The number of ketones is 1. The third kappa shape index (κ3) is 4.04. The van der Waals surface area contributed by atoms with Gasteiger partial charge in [-0.3, -0.25) is 4.79 Å². The quantitative estimate of drug-likeness (QED) is 0.269. The number of nitrogens with zero attached hydrogens (tertiary/aromatic N) is 4. The number of hydrogen-bond acceptors (Lipinski definition) is 8. The van der Waals surface area contributed by atoms with Gasteiger partial charge in [-0.05, 0) is 38.5 Å². The number of pyridine rings is 1. The zero-order valence-corrected chi connectivity index (χ0v) is 20.9. The van der Waals surface area contributed by atoms with E-state index in [1.165, 1.54) is 10.7 Å². The fourth-order valence-electron chi connectivity index (χ4n) is 4.35. The number of carbonyl (C=O) groups is 2. The van der Waals surface area contributed by atoms with E-state index < -0.39 is 5.97 Å². The van der Waals surface area contributed by atoms with Gasteiger partial charge in [-0.15, -0.1) is 5.10 Å². The van der Waals surface area contributed by atoms with Gasteiger partial charge < -0.3 is 15.2 Å². The lowest BCUT2D eigenvalue weighted by atomic mass is 9.96. The van der Waals surface area contributed by atoms with Crippen LogP contribution >= 0.6 is 0 Å². The molecule has 3 heterocycles. The van der Waals surface area contributed by atoms with E-state index in [1.807, 2.05) is 31.2 Å². The van der Waals surface area contributed by atoms with Gasteiger partial charge in [0.2, 0.25) is 0 Å². The van der Waals surface area contributed by atoms with E-state index in [0.29, 0.717) is 44.8 Å². The number of anilines is 1. The maximum absolute atomic E-state index is 13.2. The maximum Gasteiger partial charge on any atom is 0.340 e. The summed E-state index contributed by atoms with van der Waals surface area (Å²) in [5.41, 5.74) is 11.0. The summed E-state index contributed by atoms with van der Waals surface area (Å²) < 4.78 is 12.1. The van der Waals surface area contributed by atoms with Crippen LogP contribution in [0.15, 0.2) is 54.7 Å². The van der Waals surface area contributed by atoms with Crippen LogP contribution in [0.2, 0.25) is 0 Å². The lowest BCUT2D eigenvalue weighted by Crippen LogP contribution is -2.11. The number of aryl methyl sites for hydroxylation is 2. The van der Waals surface area contributed by atoms with Crippen LogP contribution in [0.4, 0.5) is 5.82 Å². The molecule has 0 saturated heterocycles. The molecule has 5 rings (SSSR count). The van der Waals surface area contributed by atoms with Crippen LogP contribution in [0.3, 0.4) is 0 Å². The zero-order valence-electron chi connectivity index (χ0n) is 20.9. The molecule has 2 N–H and O–H groups in total. The first-order chi connectivity index (χ1) is 17.8. The molecule has 0 aliphatic carbocycles. The second-order valence-electron chi connectivity index (χ2n) is 8.58. The Morgan fingerprint density at radius 3 is 2.38 bits per heavy atom. The largest absolute Gasteiger partial charge is 0.497 e. The Labute approximate surface area is 212 Å². The lowest BCUT2D eigenvalue weighted by Gasteiger charge is -2.13. The molecule has 186 valence electrons. The number of nitrogens with two attached hydrogens (primary N) is 1. The molecule has 2 aromatic carbocycles. The highest BCUT2D eigenvalue weighted by molar-refractivity contribution is 6.14. The van der Waals surface area contributed by atoms with Crippen LogP contribution in [0.5, 0.6) is 5.75 Å². The summed E-state index contributed by atoms with van der Waals surface area (Å²) in [5.74, 6) is 0.0337. The van der Waals surface area contributed by atoms with Crippen molar-refractivity contribution in [1.82, 2.24) is 19.6 Å². The Kier molecular flexibility index (Phi) is 6.04. The van der Waals surface area contributed by atoms with Crippen molar-refractivity contribution in [1.29, 1.82) is 0 Å². The highest BCUT2D eigenvalue weighted by Gasteiger charge is 2.27. The molecule has 0 spiro atoms. The summed E-state index contributed by atoms with van der Waals surface area (Å²) in [7, 11) is 1.58. The van der Waals surface area contributed by atoms with Gasteiger partial charge in [0, 0.05) is 17.3 Å². The number of aromatic nitrogens is 4. The minimum absolute atomic E-state index is 0.129. The second kappa shape index (κ2) is 9.34. The van der Waals surface area contributed by atoms with Crippen LogP contribution in [0.25, 0.3) is 27.8 Å². The summed E-state index contributed by atoms with van der Waals surface area (Å²) in [4.78, 5) is 35.4. The minimum atomic E-state index is -0.501. The van der Waals surface area contributed by atoms with Crippen LogP contribution in [0.1, 0.15) is 44.5 Å². The van der Waals surface area contributed by atoms with Crippen molar-refractivity contribution in [3.63, 3.8) is 0 Å². The molecular weight excluding hydrogens is 470 g/mol. The Hall–Kier alpha value is -4.79. The topological polar surface area (TPSA) is 122 Å². The predicted octanol–water partition coefficient (Wildman–Crippen LogP) is 4.56. The first-order valence-electron chi connectivity index (χ1n) is 11.7. The van der Waals surface area contributed by atoms with Gasteiger partial charge in [0.05, 0.1) is 35.9 Å². The molecule has 0 aliphatic rings. The van der Waals surface area contributed by atoms with Gasteiger partial charge >= 0.3 is 5.97 Å². The molecule has 0 aliphatic heterocycles. The van der Waals surface area contributed by atoms with E-state index in [9.17, 15) is 9.59 Å².